The molecule has 0 fully saturated rings. The molecule has 0 saturated heterocycles. The Hall–Kier alpha value is -1.44. The lowest BCUT2D eigenvalue weighted by Gasteiger charge is -2.16. The average Bonchev–Trinajstić information content (AvgIpc) is 2.47. The van der Waals surface area contributed by atoms with E-state index < -0.39 is 21.9 Å². The van der Waals surface area contributed by atoms with Gasteiger partial charge in [-0.25, -0.2) is 17.5 Å². The van der Waals surface area contributed by atoms with Crippen LogP contribution in [-0.4, -0.2) is 15.5 Å². The Bertz CT molecular complexity index is 763. The molecular formula is C15H15BrFNO3S. The van der Waals surface area contributed by atoms with Crippen molar-refractivity contribution in [3.8, 4) is 5.75 Å². The van der Waals surface area contributed by atoms with Crippen molar-refractivity contribution in [3.05, 3.63) is 58.3 Å². The molecule has 2 aromatic rings. The molecule has 0 bridgehead atoms. The number of halogens is 2. The van der Waals surface area contributed by atoms with E-state index in [-0.39, 0.29) is 10.6 Å². The topological polar surface area (TPSA) is 55.4 Å². The van der Waals surface area contributed by atoms with Crippen LogP contribution in [0.2, 0.25) is 0 Å². The van der Waals surface area contributed by atoms with Crippen LogP contribution in [0.1, 0.15) is 18.5 Å². The van der Waals surface area contributed by atoms with Crippen molar-refractivity contribution in [3.63, 3.8) is 0 Å². The molecule has 2 aromatic carbocycles. The first-order valence-electron chi connectivity index (χ1n) is 6.45. The number of hydrogen-bond donors (Lipinski definition) is 1. The summed E-state index contributed by atoms with van der Waals surface area (Å²) in [5.41, 5.74) is 0.794. The maximum absolute atomic E-state index is 13.4. The maximum Gasteiger partial charge on any atom is 0.244 e. The first-order valence-corrected chi connectivity index (χ1v) is 8.72. The van der Waals surface area contributed by atoms with Crippen molar-refractivity contribution < 1.29 is 17.5 Å². The molecule has 0 aliphatic rings. The van der Waals surface area contributed by atoms with Crippen molar-refractivity contribution in [2.45, 2.75) is 17.9 Å². The van der Waals surface area contributed by atoms with Crippen LogP contribution in [0, 0.1) is 5.82 Å². The first-order chi connectivity index (χ1) is 10.3. The van der Waals surface area contributed by atoms with E-state index in [1.807, 2.05) is 12.1 Å². The van der Waals surface area contributed by atoms with E-state index in [1.165, 1.54) is 13.2 Å². The van der Waals surface area contributed by atoms with Gasteiger partial charge in [-0.05, 0) is 42.8 Å². The van der Waals surface area contributed by atoms with Gasteiger partial charge in [-0.1, -0.05) is 28.1 Å². The summed E-state index contributed by atoms with van der Waals surface area (Å²) in [5.74, 6) is -0.547. The molecule has 7 heteroatoms. The first kappa shape index (κ1) is 16.9. The minimum Gasteiger partial charge on any atom is -0.495 e. The highest BCUT2D eigenvalue weighted by Crippen LogP contribution is 2.26. The number of methoxy groups -OCH3 is 1. The summed E-state index contributed by atoms with van der Waals surface area (Å²) in [6.45, 7) is 1.71. The summed E-state index contributed by atoms with van der Waals surface area (Å²) in [5, 5.41) is 0. The van der Waals surface area contributed by atoms with Gasteiger partial charge >= 0.3 is 0 Å². The molecule has 4 nitrogen and oxygen atoms in total. The summed E-state index contributed by atoms with van der Waals surface area (Å²) in [6, 6.07) is 10.2. The minimum absolute atomic E-state index is 0.0944. The van der Waals surface area contributed by atoms with Crippen molar-refractivity contribution in [2.24, 2.45) is 0 Å². The number of ether oxygens (including phenoxy) is 1. The van der Waals surface area contributed by atoms with E-state index in [4.69, 9.17) is 4.74 Å². The Morgan fingerprint density at radius 1 is 1.18 bits per heavy atom. The van der Waals surface area contributed by atoms with E-state index >= 15 is 0 Å². The molecule has 118 valence electrons. The zero-order valence-corrected chi connectivity index (χ0v) is 14.4. The van der Waals surface area contributed by atoms with Gasteiger partial charge in [0.25, 0.3) is 0 Å². The highest BCUT2D eigenvalue weighted by molar-refractivity contribution is 9.10. The van der Waals surface area contributed by atoms with Crippen molar-refractivity contribution in [1.82, 2.24) is 4.72 Å². The molecule has 0 aliphatic heterocycles. The predicted octanol–water partition coefficient (Wildman–Crippen LogP) is 3.64. The predicted molar refractivity (Wildman–Crippen MR) is 85.8 cm³/mol. The Kier molecular flexibility index (Phi) is 5.20. The van der Waals surface area contributed by atoms with Crippen LogP contribution in [0.25, 0.3) is 0 Å². The van der Waals surface area contributed by atoms with Gasteiger partial charge in [-0.15, -0.1) is 0 Å². The number of nitrogens with one attached hydrogen (secondary N) is 1. The fourth-order valence-corrected chi connectivity index (χ4v) is 3.65. The Labute approximate surface area is 137 Å². The normalized spacial score (nSPS) is 12.9. The van der Waals surface area contributed by atoms with E-state index in [0.29, 0.717) is 0 Å². The van der Waals surface area contributed by atoms with Crippen LogP contribution >= 0.6 is 15.9 Å². The minimum atomic E-state index is -3.91. The largest absolute Gasteiger partial charge is 0.495 e. The van der Waals surface area contributed by atoms with E-state index in [0.717, 1.165) is 22.2 Å². The molecule has 0 aliphatic carbocycles. The van der Waals surface area contributed by atoms with Crippen LogP contribution in [0.3, 0.4) is 0 Å². The third kappa shape index (κ3) is 3.85. The Morgan fingerprint density at radius 2 is 1.82 bits per heavy atom. The monoisotopic (exact) mass is 387 g/mol. The second-order valence-corrected chi connectivity index (χ2v) is 7.29. The van der Waals surface area contributed by atoms with Crippen molar-refractivity contribution in [1.29, 1.82) is 0 Å². The Morgan fingerprint density at radius 3 is 2.41 bits per heavy atom. The van der Waals surface area contributed by atoms with Gasteiger partial charge < -0.3 is 4.74 Å². The van der Waals surface area contributed by atoms with Gasteiger partial charge in [0, 0.05) is 10.5 Å². The second kappa shape index (κ2) is 6.76. The van der Waals surface area contributed by atoms with Gasteiger partial charge in [-0.2, -0.15) is 0 Å². The van der Waals surface area contributed by atoms with E-state index in [9.17, 15) is 12.8 Å². The lowest BCUT2D eigenvalue weighted by molar-refractivity contribution is 0.400. The molecule has 2 rings (SSSR count). The summed E-state index contributed by atoms with van der Waals surface area (Å²) >= 11 is 3.32. The molecule has 1 atom stereocenters. The van der Waals surface area contributed by atoms with Gasteiger partial charge in [0.15, 0.2) is 0 Å². The molecule has 22 heavy (non-hydrogen) atoms. The lowest BCUT2D eigenvalue weighted by Crippen LogP contribution is -2.27. The zero-order valence-electron chi connectivity index (χ0n) is 12.0. The van der Waals surface area contributed by atoms with Gasteiger partial charge in [0.2, 0.25) is 10.0 Å². The number of benzene rings is 2. The van der Waals surface area contributed by atoms with E-state index in [1.54, 1.807) is 19.1 Å². The third-order valence-corrected chi connectivity index (χ3v) is 5.21. The molecule has 0 heterocycles. The third-order valence-electron chi connectivity index (χ3n) is 3.12. The summed E-state index contributed by atoms with van der Waals surface area (Å²) in [7, 11) is -2.57. The summed E-state index contributed by atoms with van der Waals surface area (Å²) < 4.78 is 46.7. The summed E-state index contributed by atoms with van der Waals surface area (Å²) in [6.07, 6.45) is 0. The number of hydrogen-bond acceptors (Lipinski definition) is 3. The fourth-order valence-electron chi connectivity index (χ4n) is 1.98. The molecule has 0 unspecified atom stereocenters. The SMILES string of the molecule is COc1ccc(F)cc1S(=O)(=O)N[C@H](C)c1ccc(Br)cc1. The van der Waals surface area contributed by atoms with Gasteiger partial charge in [-0.3, -0.25) is 0 Å². The number of sulfonamides is 1. The van der Waals surface area contributed by atoms with Gasteiger partial charge in [0.05, 0.1) is 7.11 Å². The maximum atomic E-state index is 13.4. The van der Waals surface area contributed by atoms with Crippen molar-refractivity contribution >= 4 is 26.0 Å². The molecule has 1 N–H and O–H groups in total. The molecule has 0 aromatic heterocycles. The highest BCUT2D eigenvalue weighted by Gasteiger charge is 2.23. The molecule has 0 radical (unpaired) electrons. The second-order valence-electron chi connectivity index (χ2n) is 4.69. The van der Waals surface area contributed by atoms with E-state index in [2.05, 4.69) is 20.7 Å². The average molecular weight is 388 g/mol. The van der Waals surface area contributed by atoms with Crippen molar-refractivity contribution in [2.75, 3.05) is 7.11 Å². The van der Waals surface area contributed by atoms with Crippen LogP contribution in [0.15, 0.2) is 51.8 Å². The van der Waals surface area contributed by atoms with Crippen LogP contribution < -0.4 is 9.46 Å². The molecule has 0 amide bonds. The van der Waals surface area contributed by atoms with Gasteiger partial charge in [0.1, 0.15) is 16.5 Å². The van der Waals surface area contributed by atoms with Crippen LogP contribution in [0.5, 0.6) is 5.75 Å². The quantitative estimate of drug-likeness (QED) is 0.851. The highest BCUT2D eigenvalue weighted by atomic mass is 79.9. The van der Waals surface area contributed by atoms with Crippen LogP contribution in [0.4, 0.5) is 4.39 Å². The summed E-state index contributed by atoms with van der Waals surface area (Å²) in [4.78, 5) is -0.223. The molecule has 0 spiro atoms. The molecular weight excluding hydrogens is 373 g/mol. The zero-order chi connectivity index (χ0) is 16.3. The molecule has 0 saturated carbocycles. The fraction of sp³-hybridized carbons (Fsp3) is 0.200. The smallest absolute Gasteiger partial charge is 0.244 e. The Balaban J connectivity index is 2.31. The lowest BCUT2D eigenvalue weighted by atomic mass is 10.1. The number of rotatable bonds is 5. The van der Waals surface area contributed by atoms with Crippen LogP contribution in [-0.2, 0) is 10.0 Å². The standard InChI is InChI=1S/C15H15BrFNO3S/c1-10(11-3-5-12(16)6-4-11)18-22(19,20)15-9-13(17)7-8-14(15)21-2/h3-10,18H,1-2H3/t10-/m1/s1.